The molecule has 0 radical (unpaired) electrons. The van der Waals surface area contributed by atoms with Crippen LogP contribution in [0.3, 0.4) is 0 Å². The minimum atomic E-state index is -0.575. The number of nitrogens with zero attached hydrogens (tertiary/aromatic N) is 1. The average Bonchev–Trinajstić information content (AvgIpc) is 2.72. The molecule has 1 rings (SSSR count). The smallest absolute Gasteiger partial charge is 0.198 e. The van der Waals surface area contributed by atoms with E-state index < -0.39 is 5.79 Å². The van der Waals surface area contributed by atoms with Crippen LogP contribution in [0, 0.1) is 5.92 Å². The first-order chi connectivity index (χ1) is 8.89. The molecule has 0 bridgehead atoms. The first-order valence-electron chi connectivity index (χ1n) is 6.55. The fourth-order valence-corrected chi connectivity index (χ4v) is 1.83. The van der Waals surface area contributed by atoms with E-state index >= 15 is 0 Å². The van der Waals surface area contributed by atoms with E-state index in [1.807, 2.05) is 20.8 Å². The van der Waals surface area contributed by atoms with Crippen LogP contribution >= 0.6 is 0 Å². The van der Waals surface area contributed by atoms with E-state index in [1.165, 1.54) is 6.20 Å². The van der Waals surface area contributed by atoms with Gasteiger partial charge >= 0.3 is 0 Å². The number of carbonyl (C=O) groups is 1. The number of ketones is 1. The van der Waals surface area contributed by atoms with Crippen molar-refractivity contribution in [1.82, 2.24) is 0 Å². The van der Waals surface area contributed by atoms with Gasteiger partial charge in [-0.3, -0.25) is 4.79 Å². The van der Waals surface area contributed by atoms with Gasteiger partial charge in [0.25, 0.3) is 0 Å². The summed E-state index contributed by atoms with van der Waals surface area (Å²) in [4.78, 5) is 15.7. The zero-order valence-corrected chi connectivity index (χ0v) is 12.1. The van der Waals surface area contributed by atoms with E-state index in [-0.39, 0.29) is 17.8 Å². The lowest BCUT2D eigenvalue weighted by molar-refractivity contribution is -0.142. The Morgan fingerprint density at radius 1 is 1.63 bits per heavy atom. The molecule has 0 aliphatic carbocycles. The third-order valence-corrected chi connectivity index (χ3v) is 2.90. The molecule has 2 atom stereocenters. The van der Waals surface area contributed by atoms with E-state index in [0.717, 1.165) is 0 Å². The highest BCUT2D eigenvalue weighted by Crippen LogP contribution is 2.22. The molecule has 0 aromatic rings. The third-order valence-electron chi connectivity index (χ3n) is 2.90. The Labute approximate surface area is 114 Å². The number of carbonyl (C=O) groups excluding carboxylic acids is 1. The van der Waals surface area contributed by atoms with Crippen molar-refractivity contribution in [3.05, 3.63) is 12.8 Å². The van der Waals surface area contributed by atoms with Gasteiger partial charge in [-0.15, -0.1) is 0 Å². The molecule has 1 heterocycles. The van der Waals surface area contributed by atoms with Gasteiger partial charge in [0.05, 0.1) is 12.5 Å². The maximum atomic E-state index is 11.7. The number of rotatable bonds is 6. The molecule has 5 nitrogen and oxygen atoms in total. The average molecular weight is 269 g/mol. The molecule has 0 aromatic carbocycles. The molecule has 2 unspecified atom stereocenters. The predicted octanol–water partition coefficient (Wildman–Crippen LogP) is 2.31. The van der Waals surface area contributed by atoms with Crippen molar-refractivity contribution in [2.24, 2.45) is 10.9 Å². The third kappa shape index (κ3) is 4.76. The van der Waals surface area contributed by atoms with Crippen molar-refractivity contribution < 1.29 is 19.0 Å². The summed E-state index contributed by atoms with van der Waals surface area (Å²) in [6.45, 7) is 11.6. The zero-order chi connectivity index (χ0) is 14.5. The van der Waals surface area contributed by atoms with E-state index in [2.05, 4.69) is 11.6 Å². The summed E-state index contributed by atoms with van der Waals surface area (Å²) < 4.78 is 16.7. The van der Waals surface area contributed by atoms with Gasteiger partial charge < -0.3 is 14.2 Å². The number of Topliss-reactive ketones (excluding diaryl/α,β-unsaturated/α-hetero) is 1. The fraction of sp³-hybridized carbons (Fsp3) is 0.714. The first kappa shape index (κ1) is 15.9. The highest BCUT2D eigenvalue weighted by Gasteiger charge is 2.33. The van der Waals surface area contributed by atoms with E-state index in [9.17, 15) is 4.79 Å². The predicted molar refractivity (Wildman–Crippen MR) is 73.0 cm³/mol. The van der Waals surface area contributed by atoms with Gasteiger partial charge in [0.1, 0.15) is 18.5 Å². The van der Waals surface area contributed by atoms with Crippen LogP contribution in [0.5, 0.6) is 0 Å². The largest absolute Gasteiger partial charge is 0.477 e. The topological polar surface area (TPSA) is 57.1 Å². The molecule has 0 aromatic heterocycles. The molecule has 0 N–H and O–H groups in total. The molecule has 0 saturated carbocycles. The summed E-state index contributed by atoms with van der Waals surface area (Å²) in [5, 5.41) is 0. The number of hydrogen-bond donors (Lipinski definition) is 0. The molecule has 1 saturated heterocycles. The molecule has 108 valence electrons. The lowest BCUT2D eigenvalue weighted by Gasteiger charge is -2.19. The van der Waals surface area contributed by atoms with Crippen molar-refractivity contribution in [3.8, 4) is 0 Å². The normalized spacial score (nSPS) is 24.0. The highest BCUT2D eigenvalue weighted by atomic mass is 16.7. The lowest BCUT2D eigenvalue weighted by atomic mass is 10.0. The highest BCUT2D eigenvalue weighted by molar-refractivity contribution is 6.01. The summed E-state index contributed by atoms with van der Waals surface area (Å²) in [5.41, 5.74) is 0. The Kier molecular flexibility index (Phi) is 5.69. The van der Waals surface area contributed by atoms with Crippen molar-refractivity contribution in [2.45, 2.75) is 46.0 Å². The zero-order valence-electron chi connectivity index (χ0n) is 12.1. The minimum Gasteiger partial charge on any atom is -0.477 e. The van der Waals surface area contributed by atoms with Crippen LogP contribution in [0.15, 0.2) is 17.8 Å². The number of ether oxygens (including phenoxy) is 3. The molecular formula is C14H23NO4. The Morgan fingerprint density at radius 3 is 2.79 bits per heavy atom. The van der Waals surface area contributed by atoms with Crippen LogP contribution in [0.25, 0.3) is 0 Å². The molecule has 0 spiro atoms. The molecule has 1 fully saturated rings. The summed E-state index contributed by atoms with van der Waals surface area (Å²) in [5.74, 6) is -0.466. The van der Waals surface area contributed by atoms with E-state index in [1.54, 1.807) is 6.92 Å². The quantitative estimate of drug-likeness (QED) is 0.548. The first-order valence-corrected chi connectivity index (χ1v) is 6.55. The van der Waals surface area contributed by atoms with Gasteiger partial charge in [-0.2, -0.15) is 0 Å². The van der Waals surface area contributed by atoms with E-state index in [0.29, 0.717) is 25.5 Å². The summed E-state index contributed by atoms with van der Waals surface area (Å²) in [7, 11) is 0. The van der Waals surface area contributed by atoms with Crippen LogP contribution in [-0.2, 0) is 19.0 Å². The van der Waals surface area contributed by atoms with Crippen molar-refractivity contribution >= 4 is 11.7 Å². The Bertz CT molecular complexity index is 362. The van der Waals surface area contributed by atoms with Crippen molar-refractivity contribution in [3.63, 3.8) is 0 Å². The van der Waals surface area contributed by atoms with Gasteiger partial charge in [0.15, 0.2) is 11.7 Å². The number of hydrogen-bond acceptors (Lipinski definition) is 5. The van der Waals surface area contributed by atoms with Gasteiger partial charge in [0.2, 0.25) is 0 Å². The van der Waals surface area contributed by atoms with Gasteiger partial charge in [-0.05, 0) is 20.8 Å². The molecule has 5 heteroatoms. The fourth-order valence-electron chi connectivity index (χ4n) is 1.83. The van der Waals surface area contributed by atoms with Crippen LogP contribution in [0.2, 0.25) is 0 Å². The second kappa shape index (κ2) is 6.82. The summed E-state index contributed by atoms with van der Waals surface area (Å²) in [6.07, 6.45) is 1.69. The van der Waals surface area contributed by atoms with E-state index in [4.69, 9.17) is 14.2 Å². The summed E-state index contributed by atoms with van der Waals surface area (Å²) in [6, 6.07) is 0. The van der Waals surface area contributed by atoms with Crippen LogP contribution in [0.4, 0.5) is 0 Å². The molecule has 1 aliphatic rings. The van der Waals surface area contributed by atoms with Gasteiger partial charge in [-0.1, -0.05) is 13.5 Å². The standard InChI is InChI=1S/C14H23NO4/c1-6-12(16)10(3)13(15-7-2)17-8-11-9-18-14(4,5)19-11/h7,10-11H,2,6,8-9H2,1,3-5H3. The van der Waals surface area contributed by atoms with Crippen LogP contribution < -0.4 is 0 Å². The van der Waals surface area contributed by atoms with Crippen molar-refractivity contribution in [1.29, 1.82) is 0 Å². The summed E-state index contributed by atoms with van der Waals surface area (Å²) >= 11 is 0. The SMILES string of the molecule is C=CN=C(OCC1COC(C)(C)O1)C(C)C(=O)CC. The monoisotopic (exact) mass is 269 g/mol. The van der Waals surface area contributed by atoms with Gasteiger partial charge in [0, 0.05) is 12.6 Å². The Balaban J connectivity index is 2.54. The Hall–Kier alpha value is -1.20. The maximum Gasteiger partial charge on any atom is 0.198 e. The van der Waals surface area contributed by atoms with Crippen molar-refractivity contribution in [2.75, 3.05) is 13.2 Å². The molecular weight excluding hydrogens is 246 g/mol. The molecule has 0 amide bonds. The van der Waals surface area contributed by atoms with Crippen LogP contribution in [0.1, 0.15) is 34.1 Å². The molecule has 19 heavy (non-hydrogen) atoms. The molecule has 1 aliphatic heterocycles. The maximum absolute atomic E-state index is 11.7. The lowest BCUT2D eigenvalue weighted by Crippen LogP contribution is -2.29. The second-order valence-electron chi connectivity index (χ2n) is 4.95. The van der Waals surface area contributed by atoms with Gasteiger partial charge in [-0.25, -0.2) is 4.99 Å². The van der Waals surface area contributed by atoms with Crippen LogP contribution in [-0.4, -0.2) is 36.8 Å². The second-order valence-corrected chi connectivity index (χ2v) is 4.95. The number of aliphatic imine (C=N–C) groups is 1. The Morgan fingerprint density at radius 2 is 2.32 bits per heavy atom. The minimum absolute atomic E-state index is 0.0875.